The van der Waals surface area contributed by atoms with Crippen molar-refractivity contribution >= 4 is 33.1 Å². The molecule has 1 aliphatic rings. The number of ether oxygens (including phenoxy) is 2. The van der Waals surface area contributed by atoms with E-state index in [1.54, 1.807) is 53.4 Å². The first-order valence-corrected chi connectivity index (χ1v) is 17.8. The highest BCUT2D eigenvalue weighted by Gasteiger charge is 2.32. The normalized spacial score (nSPS) is 18.6. The fraction of sp³-hybridized carbons (Fsp3) is 0.235. The third-order valence-electron chi connectivity index (χ3n) is 7.53. The lowest BCUT2D eigenvalue weighted by molar-refractivity contribution is -0.245. The summed E-state index contributed by atoms with van der Waals surface area (Å²) in [6.45, 7) is 2.10. The van der Waals surface area contributed by atoms with Crippen LogP contribution in [0.25, 0.3) is 11.1 Å². The first kappa shape index (κ1) is 31.6. The number of thioether (sulfide) groups is 1. The van der Waals surface area contributed by atoms with Crippen LogP contribution in [-0.4, -0.2) is 35.6 Å². The number of rotatable bonds is 11. The Morgan fingerprint density at radius 1 is 0.889 bits per heavy atom. The van der Waals surface area contributed by atoms with Gasteiger partial charge in [0.1, 0.15) is 5.01 Å². The average molecular weight is 660 g/mol. The van der Waals surface area contributed by atoms with Gasteiger partial charge in [0, 0.05) is 24.3 Å². The number of nitrogens with zero attached hydrogens (tertiary/aromatic N) is 2. The Balaban J connectivity index is 1.20. The van der Waals surface area contributed by atoms with Crippen molar-refractivity contribution in [3.05, 3.63) is 130 Å². The van der Waals surface area contributed by atoms with Gasteiger partial charge in [-0.3, -0.25) is 0 Å². The predicted molar refractivity (Wildman–Crippen MR) is 176 cm³/mol. The van der Waals surface area contributed by atoms with Crippen LogP contribution in [0.1, 0.15) is 46.1 Å². The summed E-state index contributed by atoms with van der Waals surface area (Å²) in [7, 11) is -3.64. The van der Waals surface area contributed by atoms with E-state index in [0.29, 0.717) is 12.2 Å². The van der Waals surface area contributed by atoms with Gasteiger partial charge in [0.25, 0.3) is 0 Å². The Morgan fingerprint density at radius 3 is 2.31 bits per heavy atom. The van der Waals surface area contributed by atoms with Gasteiger partial charge in [0.15, 0.2) is 10.6 Å². The second kappa shape index (κ2) is 14.3. The van der Waals surface area contributed by atoms with Crippen LogP contribution in [-0.2, 0) is 32.6 Å². The summed E-state index contributed by atoms with van der Waals surface area (Å²) in [5.41, 5.74) is 5.54. The minimum absolute atomic E-state index is 0.00749. The number of sulfonamides is 1. The molecule has 232 valence electrons. The van der Waals surface area contributed by atoms with E-state index in [4.69, 9.17) is 9.47 Å². The van der Waals surface area contributed by atoms with Gasteiger partial charge >= 0.3 is 0 Å². The summed E-state index contributed by atoms with van der Waals surface area (Å²) in [6, 6.07) is 32.0. The maximum Gasteiger partial charge on any atom is 0.240 e. The summed E-state index contributed by atoms with van der Waals surface area (Å²) in [4.78, 5) is 0.233. The maximum atomic E-state index is 12.8. The molecule has 8 nitrogen and oxygen atoms in total. The molecule has 0 amide bonds. The second-order valence-electron chi connectivity index (χ2n) is 10.7. The van der Waals surface area contributed by atoms with Crippen LogP contribution in [0.2, 0.25) is 0 Å². The first-order valence-electron chi connectivity index (χ1n) is 14.5. The van der Waals surface area contributed by atoms with Gasteiger partial charge in [-0.25, -0.2) is 13.1 Å². The van der Waals surface area contributed by atoms with E-state index in [1.165, 1.54) is 0 Å². The van der Waals surface area contributed by atoms with Gasteiger partial charge in [0.2, 0.25) is 10.0 Å². The van der Waals surface area contributed by atoms with Gasteiger partial charge in [-0.15, -0.1) is 10.2 Å². The third kappa shape index (κ3) is 7.87. The lowest BCUT2D eigenvalue weighted by Crippen LogP contribution is -2.31. The molecule has 0 radical (unpaired) electrons. The molecule has 0 aliphatic carbocycles. The molecule has 6 rings (SSSR count). The molecular formula is C34H33N3O5S3. The smallest absolute Gasteiger partial charge is 0.240 e. The van der Waals surface area contributed by atoms with Crippen molar-refractivity contribution in [2.24, 2.45) is 0 Å². The number of aliphatic hydroxyl groups is 1. The highest BCUT2D eigenvalue weighted by atomic mass is 32.2. The Morgan fingerprint density at radius 2 is 1.60 bits per heavy atom. The zero-order valence-corrected chi connectivity index (χ0v) is 27.0. The number of aromatic nitrogens is 2. The topological polar surface area (TPSA) is 111 Å². The monoisotopic (exact) mass is 659 g/mol. The van der Waals surface area contributed by atoms with E-state index in [1.807, 2.05) is 79.7 Å². The van der Waals surface area contributed by atoms with Crippen LogP contribution in [0.15, 0.2) is 112 Å². The SMILES string of the molecule is Cc1nnc(SC[C@@H]2C[C@H](c3ccc(CO)cc3)O[C@H](c3ccc(-c4ccccc4CNS(=O)(=O)c4ccccc4)cc3)O2)s1. The van der Waals surface area contributed by atoms with Crippen LogP contribution in [0.5, 0.6) is 0 Å². The van der Waals surface area contributed by atoms with Crippen molar-refractivity contribution in [3.63, 3.8) is 0 Å². The van der Waals surface area contributed by atoms with E-state index >= 15 is 0 Å². The summed E-state index contributed by atoms with van der Waals surface area (Å²) >= 11 is 3.21. The Kier molecular flexibility index (Phi) is 10.1. The zero-order valence-electron chi connectivity index (χ0n) is 24.6. The fourth-order valence-corrected chi connectivity index (χ4v) is 8.04. The Bertz CT molecular complexity index is 1810. The number of nitrogens with one attached hydrogen (secondary N) is 1. The highest BCUT2D eigenvalue weighted by molar-refractivity contribution is 8.01. The van der Waals surface area contributed by atoms with Crippen LogP contribution in [0, 0.1) is 6.92 Å². The zero-order chi connectivity index (χ0) is 31.2. The average Bonchev–Trinajstić information content (AvgIpc) is 3.51. The minimum atomic E-state index is -3.64. The molecule has 11 heteroatoms. The van der Waals surface area contributed by atoms with E-state index in [9.17, 15) is 13.5 Å². The van der Waals surface area contributed by atoms with E-state index < -0.39 is 16.3 Å². The van der Waals surface area contributed by atoms with Crippen LogP contribution < -0.4 is 4.72 Å². The quantitative estimate of drug-likeness (QED) is 0.149. The predicted octanol–water partition coefficient (Wildman–Crippen LogP) is 6.82. The van der Waals surface area contributed by atoms with Gasteiger partial charge in [0.05, 0.1) is 23.7 Å². The summed E-state index contributed by atoms with van der Waals surface area (Å²) < 4.78 is 42.3. The van der Waals surface area contributed by atoms with Gasteiger partial charge < -0.3 is 14.6 Å². The lowest BCUT2D eigenvalue weighted by atomic mass is 9.98. The number of hydrogen-bond donors (Lipinski definition) is 2. The maximum absolute atomic E-state index is 12.8. The second-order valence-corrected chi connectivity index (χ2v) is 14.9. The van der Waals surface area contributed by atoms with E-state index in [-0.39, 0.29) is 30.3 Å². The van der Waals surface area contributed by atoms with E-state index in [0.717, 1.165) is 42.7 Å². The van der Waals surface area contributed by atoms with Crippen LogP contribution in [0.4, 0.5) is 0 Å². The highest BCUT2D eigenvalue weighted by Crippen LogP contribution is 2.40. The van der Waals surface area contributed by atoms with Gasteiger partial charge in [-0.1, -0.05) is 114 Å². The lowest BCUT2D eigenvalue weighted by Gasteiger charge is -2.36. The molecular weight excluding hydrogens is 627 g/mol. The van der Waals surface area contributed by atoms with Crippen molar-refractivity contribution in [1.29, 1.82) is 0 Å². The van der Waals surface area contributed by atoms with Gasteiger partial charge in [-0.2, -0.15) is 0 Å². The first-order chi connectivity index (χ1) is 21.9. The summed E-state index contributed by atoms with van der Waals surface area (Å²) in [5, 5.41) is 18.8. The van der Waals surface area contributed by atoms with Crippen molar-refractivity contribution < 1.29 is 23.0 Å². The molecule has 2 heterocycles. The molecule has 2 N–H and O–H groups in total. The van der Waals surface area contributed by atoms with Gasteiger partial charge in [-0.05, 0) is 46.9 Å². The van der Waals surface area contributed by atoms with Crippen molar-refractivity contribution in [2.45, 2.75) is 54.2 Å². The molecule has 4 aromatic carbocycles. The third-order valence-corrected chi connectivity index (χ3v) is 11.1. The van der Waals surface area contributed by atoms with E-state index in [2.05, 4.69) is 14.9 Å². The largest absolute Gasteiger partial charge is 0.392 e. The number of aryl methyl sites for hydroxylation is 1. The Hall–Kier alpha value is -3.42. The standard InChI is InChI=1S/C34H33N3O5S3/c1-23-36-37-34(44-23)43-22-29-19-32(26-13-11-24(21-38)12-14-26)42-33(41-29)27-17-15-25(16-18-27)31-10-6-5-7-28(31)20-35-45(39,40)30-8-3-2-4-9-30/h2-18,29,32-33,35,38H,19-22H2,1H3/t29-,32+,33+/m0/s1. The van der Waals surface area contributed by atoms with Crippen molar-refractivity contribution in [2.75, 3.05) is 5.75 Å². The molecule has 5 aromatic rings. The molecule has 0 spiro atoms. The number of benzene rings is 4. The summed E-state index contributed by atoms with van der Waals surface area (Å²) in [5.74, 6) is 0.712. The molecule has 1 fully saturated rings. The molecule has 1 saturated heterocycles. The molecule has 45 heavy (non-hydrogen) atoms. The molecule has 0 unspecified atom stereocenters. The fourth-order valence-electron chi connectivity index (χ4n) is 5.16. The van der Waals surface area contributed by atoms with Crippen molar-refractivity contribution in [3.8, 4) is 11.1 Å². The number of hydrogen-bond acceptors (Lipinski definition) is 9. The van der Waals surface area contributed by atoms with Crippen LogP contribution in [0.3, 0.4) is 0 Å². The molecule has 1 aliphatic heterocycles. The molecule has 0 saturated carbocycles. The number of aliphatic hydroxyl groups excluding tert-OH is 1. The summed E-state index contributed by atoms with van der Waals surface area (Å²) in [6.07, 6.45) is -0.163. The molecule has 1 aromatic heterocycles. The minimum Gasteiger partial charge on any atom is -0.392 e. The van der Waals surface area contributed by atoms with Crippen molar-refractivity contribution in [1.82, 2.24) is 14.9 Å². The van der Waals surface area contributed by atoms with Crippen LogP contribution >= 0.6 is 23.1 Å². The Labute approximate surface area is 271 Å². The molecule has 0 bridgehead atoms. The molecule has 3 atom stereocenters.